The minimum absolute atomic E-state index is 0.234. The van der Waals surface area contributed by atoms with E-state index >= 15 is 0 Å². The topological polar surface area (TPSA) is 96.5 Å². The Labute approximate surface area is 176 Å². The van der Waals surface area contributed by atoms with Crippen molar-refractivity contribution in [2.75, 3.05) is 19.6 Å². The molecule has 0 aliphatic carbocycles. The maximum Gasteiger partial charge on any atom is 0.287 e. The molecule has 0 spiro atoms. The summed E-state index contributed by atoms with van der Waals surface area (Å²) in [6.07, 6.45) is 1.48. The molecule has 3 aromatic rings. The van der Waals surface area contributed by atoms with Crippen molar-refractivity contribution in [2.24, 2.45) is 4.99 Å². The number of nitrogens with zero attached hydrogens (tertiary/aromatic N) is 3. The summed E-state index contributed by atoms with van der Waals surface area (Å²) in [4.78, 5) is 16.6. The molecule has 8 nitrogen and oxygen atoms in total. The van der Waals surface area contributed by atoms with Crippen molar-refractivity contribution in [3.63, 3.8) is 0 Å². The number of guanidine groups is 1. The molecule has 30 heavy (non-hydrogen) atoms. The van der Waals surface area contributed by atoms with E-state index in [0.29, 0.717) is 31.4 Å². The fourth-order valence-electron chi connectivity index (χ4n) is 3.08. The normalized spacial score (nSPS) is 11.4. The molecule has 1 amide bonds. The summed E-state index contributed by atoms with van der Waals surface area (Å²) >= 11 is 0. The highest BCUT2D eigenvalue weighted by molar-refractivity contribution is 5.91. The van der Waals surface area contributed by atoms with Crippen LogP contribution in [0.25, 0.3) is 5.69 Å². The predicted octanol–water partition coefficient (Wildman–Crippen LogP) is 2.57. The van der Waals surface area contributed by atoms with Gasteiger partial charge < -0.3 is 20.4 Å². The number of para-hydroxylation sites is 1. The molecule has 8 heteroatoms. The Bertz CT molecular complexity index is 991. The quantitative estimate of drug-likeness (QED) is 0.302. The molecule has 3 rings (SSSR count). The van der Waals surface area contributed by atoms with E-state index < -0.39 is 0 Å². The Morgan fingerprint density at radius 3 is 2.60 bits per heavy atom. The van der Waals surface area contributed by atoms with Crippen molar-refractivity contribution in [3.05, 3.63) is 71.4 Å². The van der Waals surface area contributed by atoms with Gasteiger partial charge in [-0.3, -0.25) is 4.79 Å². The third kappa shape index (κ3) is 5.50. The summed E-state index contributed by atoms with van der Waals surface area (Å²) < 4.78 is 7.03. The average Bonchev–Trinajstić information content (AvgIpc) is 3.39. The molecule has 2 heterocycles. The van der Waals surface area contributed by atoms with Crippen molar-refractivity contribution in [2.45, 2.75) is 27.3 Å². The Balaban J connectivity index is 1.61. The first-order valence-electron chi connectivity index (χ1n) is 10.0. The molecule has 0 bridgehead atoms. The summed E-state index contributed by atoms with van der Waals surface area (Å²) in [6, 6.07) is 13.5. The zero-order chi connectivity index (χ0) is 21.3. The number of furan rings is 1. The van der Waals surface area contributed by atoms with Crippen LogP contribution >= 0.6 is 0 Å². The smallest absolute Gasteiger partial charge is 0.287 e. The Kier molecular flexibility index (Phi) is 7.26. The highest BCUT2D eigenvalue weighted by atomic mass is 16.3. The van der Waals surface area contributed by atoms with Crippen LogP contribution < -0.4 is 16.0 Å². The Hall–Kier alpha value is -3.55. The van der Waals surface area contributed by atoms with E-state index in [1.54, 1.807) is 12.1 Å². The van der Waals surface area contributed by atoms with Gasteiger partial charge in [0.2, 0.25) is 0 Å². The molecule has 1 aromatic carbocycles. The lowest BCUT2D eigenvalue weighted by atomic mass is 10.2. The molecular formula is C22H28N6O2. The van der Waals surface area contributed by atoms with Crippen LogP contribution in [0.3, 0.4) is 0 Å². The van der Waals surface area contributed by atoms with Crippen LogP contribution in [0, 0.1) is 13.8 Å². The van der Waals surface area contributed by atoms with Crippen LogP contribution in [-0.4, -0.2) is 41.3 Å². The number of hydrogen-bond donors (Lipinski definition) is 3. The van der Waals surface area contributed by atoms with Gasteiger partial charge in [0.25, 0.3) is 5.91 Å². The fourth-order valence-corrected chi connectivity index (χ4v) is 3.08. The van der Waals surface area contributed by atoms with Crippen molar-refractivity contribution in [1.82, 2.24) is 25.7 Å². The van der Waals surface area contributed by atoms with Crippen molar-refractivity contribution in [3.8, 4) is 5.69 Å². The van der Waals surface area contributed by atoms with E-state index in [9.17, 15) is 4.79 Å². The predicted molar refractivity (Wildman–Crippen MR) is 117 cm³/mol. The van der Waals surface area contributed by atoms with Gasteiger partial charge in [0.05, 0.1) is 24.2 Å². The third-order valence-corrected chi connectivity index (χ3v) is 4.43. The van der Waals surface area contributed by atoms with Crippen LogP contribution in [0.4, 0.5) is 0 Å². The van der Waals surface area contributed by atoms with Gasteiger partial charge in [0.15, 0.2) is 11.7 Å². The molecule has 0 radical (unpaired) electrons. The lowest BCUT2D eigenvalue weighted by molar-refractivity contribution is 0.0926. The molecule has 158 valence electrons. The number of benzene rings is 1. The number of carbonyl (C=O) groups excluding carboxylic acids is 1. The van der Waals surface area contributed by atoms with Gasteiger partial charge in [-0.2, -0.15) is 5.10 Å². The number of nitrogens with one attached hydrogen (secondary N) is 3. The zero-order valence-corrected chi connectivity index (χ0v) is 17.6. The maximum atomic E-state index is 11.9. The minimum Gasteiger partial charge on any atom is -0.459 e. The summed E-state index contributed by atoms with van der Waals surface area (Å²) in [6.45, 7) is 8.28. The summed E-state index contributed by atoms with van der Waals surface area (Å²) in [7, 11) is 0. The number of amides is 1. The number of aromatic nitrogens is 2. The third-order valence-electron chi connectivity index (χ3n) is 4.43. The second-order valence-electron chi connectivity index (χ2n) is 6.82. The largest absolute Gasteiger partial charge is 0.459 e. The van der Waals surface area contributed by atoms with Crippen LogP contribution in [-0.2, 0) is 6.54 Å². The number of rotatable bonds is 8. The van der Waals surface area contributed by atoms with Gasteiger partial charge >= 0.3 is 0 Å². The molecule has 0 saturated heterocycles. The molecule has 0 fully saturated rings. The van der Waals surface area contributed by atoms with Gasteiger partial charge in [0, 0.05) is 25.3 Å². The van der Waals surface area contributed by atoms with Crippen LogP contribution in [0.5, 0.6) is 0 Å². The van der Waals surface area contributed by atoms with Crippen molar-refractivity contribution < 1.29 is 9.21 Å². The molecule has 0 aliphatic rings. The minimum atomic E-state index is -0.234. The second kappa shape index (κ2) is 10.3. The molecular weight excluding hydrogens is 380 g/mol. The first-order valence-corrected chi connectivity index (χ1v) is 10.0. The lowest BCUT2D eigenvalue weighted by Crippen LogP contribution is -2.41. The SMILES string of the molecule is CCNC(=NCc1ccccc1-n1nc(C)cc1C)NCCNC(=O)c1ccco1. The van der Waals surface area contributed by atoms with E-state index in [1.165, 1.54) is 6.26 Å². The number of aryl methyl sites for hydroxylation is 2. The van der Waals surface area contributed by atoms with E-state index in [1.807, 2.05) is 37.6 Å². The summed E-state index contributed by atoms with van der Waals surface area (Å²) in [5, 5.41) is 13.9. The van der Waals surface area contributed by atoms with Gasteiger partial charge in [-0.05, 0) is 50.6 Å². The summed E-state index contributed by atoms with van der Waals surface area (Å²) in [5.41, 5.74) is 4.17. The first-order chi connectivity index (χ1) is 14.6. The van der Waals surface area contributed by atoms with Crippen molar-refractivity contribution >= 4 is 11.9 Å². The average molecular weight is 409 g/mol. The number of carbonyl (C=O) groups is 1. The highest BCUT2D eigenvalue weighted by Crippen LogP contribution is 2.17. The van der Waals surface area contributed by atoms with Gasteiger partial charge in [-0.15, -0.1) is 0 Å². The molecule has 2 aromatic heterocycles. The highest BCUT2D eigenvalue weighted by Gasteiger charge is 2.09. The zero-order valence-electron chi connectivity index (χ0n) is 17.6. The van der Waals surface area contributed by atoms with Gasteiger partial charge in [-0.25, -0.2) is 9.67 Å². The van der Waals surface area contributed by atoms with Gasteiger partial charge in [0.1, 0.15) is 0 Å². The van der Waals surface area contributed by atoms with E-state index in [0.717, 1.165) is 29.2 Å². The van der Waals surface area contributed by atoms with Crippen LogP contribution in [0.15, 0.2) is 58.1 Å². The monoisotopic (exact) mass is 408 g/mol. The molecule has 0 atom stereocenters. The van der Waals surface area contributed by atoms with E-state index in [-0.39, 0.29) is 5.91 Å². The van der Waals surface area contributed by atoms with E-state index in [2.05, 4.69) is 39.2 Å². The molecule has 0 saturated carbocycles. The number of hydrogen-bond acceptors (Lipinski definition) is 4. The van der Waals surface area contributed by atoms with Crippen LogP contribution in [0.1, 0.15) is 34.4 Å². The second-order valence-corrected chi connectivity index (χ2v) is 6.82. The number of aliphatic imine (C=N–C) groups is 1. The first kappa shape index (κ1) is 21.2. The maximum absolute atomic E-state index is 11.9. The lowest BCUT2D eigenvalue weighted by Gasteiger charge is -2.13. The summed E-state index contributed by atoms with van der Waals surface area (Å²) in [5.74, 6) is 0.756. The molecule has 3 N–H and O–H groups in total. The van der Waals surface area contributed by atoms with Gasteiger partial charge in [-0.1, -0.05) is 18.2 Å². The van der Waals surface area contributed by atoms with E-state index in [4.69, 9.17) is 9.41 Å². The molecule has 0 unspecified atom stereocenters. The molecule has 0 aliphatic heterocycles. The van der Waals surface area contributed by atoms with Crippen molar-refractivity contribution in [1.29, 1.82) is 0 Å². The Morgan fingerprint density at radius 2 is 1.90 bits per heavy atom. The standard InChI is InChI=1S/C22H28N6O2/c1-4-23-22(25-12-11-24-21(29)20-10-7-13-30-20)26-15-18-8-5-6-9-19(18)28-17(3)14-16(2)27-28/h5-10,13-14H,4,11-12,15H2,1-3H3,(H,24,29)(H2,23,25,26). The van der Waals surface area contributed by atoms with Crippen LogP contribution in [0.2, 0.25) is 0 Å². The Morgan fingerprint density at radius 1 is 1.10 bits per heavy atom. The fraction of sp³-hybridized carbons (Fsp3) is 0.318.